The standard InChI is InChI=1S/C41H38F2N6O5/c42-29-8-11-37(45-16-29)34-20-48(17-25-2-1-3-25)21-35(38(34)50)40(51)47-30-9-10-32(36(43)14-30)33-13-28(15-46-39(33)44)27-6-4-24(5-7-27)12-31-19-49(41(52)54-31)18-26-22-53-23-26/h4-11,13-16,20-21,25-26,31H,1-3,12,17-19,22-23H2,(H2,44,46)(H,47,51)/t31-/m1/s1. The summed E-state index contributed by atoms with van der Waals surface area (Å²) in [7, 11) is 0. The predicted octanol–water partition coefficient (Wildman–Crippen LogP) is 6.56. The number of ether oxygens (including phenoxy) is 2. The molecule has 3 aliphatic rings. The number of cyclic esters (lactones) is 1. The van der Waals surface area contributed by atoms with Crippen LogP contribution in [0.2, 0.25) is 0 Å². The molecule has 1 saturated carbocycles. The Hall–Kier alpha value is -5.95. The van der Waals surface area contributed by atoms with E-state index in [4.69, 9.17) is 15.2 Å². The number of benzene rings is 2. The average molecular weight is 733 g/mol. The Morgan fingerprint density at radius 2 is 1.69 bits per heavy atom. The van der Waals surface area contributed by atoms with Crippen LogP contribution < -0.4 is 16.5 Å². The Morgan fingerprint density at radius 3 is 2.37 bits per heavy atom. The van der Waals surface area contributed by atoms with E-state index in [1.807, 2.05) is 24.3 Å². The number of hydrogen-bond donors (Lipinski definition) is 2. The normalized spacial score (nSPS) is 17.2. The van der Waals surface area contributed by atoms with Crippen LogP contribution in [-0.4, -0.2) is 63.8 Å². The Labute approximate surface area is 309 Å². The van der Waals surface area contributed by atoms with Crippen molar-refractivity contribution in [3.05, 3.63) is 118 Å². The molecule has 276 valence electrons. The van der Waals surface area contributed by atoms with Crippen LogP contribution in [0.5, 0.6) is 0 Å². The van der Waals surface area contributed by atoms with Crippen LogP contribution in [0.25, 0.3) is 33.5 Å². The number of carbonyl (C=O) groups is 2. The molecule has 0 spiro atoms. The summed E-state index contributed by atoms with van der Waals surface area (Å²) in [5.41, 5.74) is 9.21. The third kappa shape index (κ3) is 7.44. The van der Waals surface area contributed by atoms with Gasteiger partial charge < -0.3 is 30.0 Å². The lowest BCUT2D eigenvalue weighted by Gasteiger charge is -2.28. The zero-order valence-corrected chi connectivity index (χ0v) is 29.3. The fraction of sp³-hybridized carbons (Fsp3) is 0.293. The van der Waals surface area contributed by atoms with Crippen molar-refractivity contribution < 1.29 is 27.8 Å². The highest BCUT2D eigenvalue weighted by molar-refractivity contribution is 6.04. The number of nitrogen functional groups attached to an aromatic ring is 1. The lowest BCUT2D eigenvalue weighted by atomic mass is 9.85. The zero-order valence-electron chi connectivity index (χ0n) is 29.3. The van der Waals surface area contributed by atoms with Gasteiger partial charge in [0.1, 0.15) is 29.1 Å². The van der Waals surface area contributed by atoms with E-state index in [0.29, 0.717) is 56.7 Å². The molecular weight excluding hydrogens is 694 g/mol. The van der Waals surface area contributed by atoms with Crippen molar-refractivity contribution in [3.8, 4) is 33.5 Å². The fourth-order valence-electron chi connectivity index (χ4n) is 7.08. The van der Waals surface area contributed by atoms with Gasteiger partial charge in [0.25, 0.3) is 5.91 Å². The van der Waals surface area contributed by atoms with Gasteiger partial charge in [-0.25, -0.2) is 18.6 Å². The third-order valence-corrected chi connectivity index (χ3v) is 10.3. The molecule has 3 fully saturated rings. The van der Waals surface area contributed by atoms with E-state index in [1.165, 1.54) is 36.5 Å². The molecule has 54 heavy (non-hydrogen) atoms. The van der Waals surface area contributed by atoms with Crippen molar-refractivity contribution in [1.82, 2.24) is 19.4 Å². The maximum atomic E-state index is 15.8. The second-order valence-corrected chi connectivity index (χ2v) is 14.3. The van der Waals surface area contributed by atoms with Crippen LogP contribution in [0, 0.1) is 23.5 Å². The summed E-state index contributed by atoms with van der Waals surface area (Å²) in [4.78, 5) is 49.5. The van der Waals surface area contributed by atoms with Gasteiger partial charge >= 0.3 is 6.09 Å². The molecular formula is C41H38F2N6O5. The molecule has 2 saturated heterocycles. The Bertz CT molecular complexity index is 2270. The number of hydrogen-bond acceptors (Lipinski definition) is 8. The van der Waals surface area contributed by atoms with Crippen molar-refractivity contribution in [3.63, 3.8) is 0 Å². The fourth-order valence-corrected chi connectivity index (χ4v) is 7.08. The molecule has 3 aromatic heterocycles. The van der Waals surface area contributed by atoms with Gasteiger partial charge in [-0.2, -0.15) is 0 Å². The van der Waals surface area contributed by atoms with Gasteiger partial charge in [0.2, 0.25) is 5.43 Å². The minimum absolute atomic E-state index is 0.130. The van der Waals surface area contributed by atoms with Crippen molar-refractivity contribution in [2.24, 2.45) is 11.8 Å². The molecule has 1 atom stereocenters. The number of pyridine rings is 3. The molecule has 0 radical (unpaired) electrons. The topological polar surface area (TPSA) is 142 Å². The number of halogens is 2. The molecule has 11 nitrogen and oxygen atoms in total. The maximum Gasteiger partial charge on any atom is 0.410 e. The Kier molecular flexibility index (Phi) is 9.63. The molecule has 0 bridgehead atoms. The quantitative estimate of drug-likeness (QED) is 0.156. The summed E-state index contributed by atoms with van der Waals surface area (Å²) in [6.45, 7) is 3.15. The highest BCUT2D eigenvalue weighted by Crippen LogP contribution is 2.33. The smallest absolute Gasteiger partial charge is 0.410 e. The molecule has 0 unspecified atom stereocenters. The van der Waals surface area contributed by atoms with Crippen molar-refractivity contribution in [2.45, 2.75) is 38.3 Å². The first-order chi connectivity index (χ1) is 26.2. The largest absolute Gasteiger partial charge is 0.444 e. The van der Waals surface area contributed by atoms with Crippen LogP contribution in [0.1, 0.15) is 35.2 Å². The first-order valence-electron chi connectivity index (χ1n) is 18.0. The van der Waals surface area contributed by atoms with Crippen molar-refractivity contribution in [1.29, 1.82) is 0 Å². The van der Waals surface area contributed by atoms with Crippen LogP contribution in [0.3, 0.4) is 0 Å². The van der Waals surface area contributed by atoms with Gasteiger partial charge in [-0.05, 0) is 66.3 Å². The van der Waals surface area contributed by atoms with E-state index >= 15 is 4.39 Å². The number of aromatic nitrogens is 3. The Morgan fingerprint density at radius 1 is 0.870 bits per heavy atom. The predicted molar refractivity (Wildman–Crippen MR) is 199 cm³/mol. The average Bonchev–Trinajstić information content (AvgIpc) is 3.47. The van der Waals surface area contributed by atoms with Gasteiger partial charge in [0.15, 0.2) is 0 Å². The first kappa shape index (κ1) is 35.1. The summed E-state index contributed by atoms with van der Waals surface area (Å²) in [6, 6.07) is 16.4. The summed E-state index contributed by atoms with van der Waals surface area (Å²) in [5.74, 6) is -0.980. The number of carbonyl (C=O) groups excluding carboxylic acids is 2. The van der Waals surface area contributed by atoms with E-state index in [2.05, 4.69) is 15.3 Å². The second kappa shape index (κ2) is 14.8. The summed E-state index contributed by atoms with van der Waals surface area (Å²) >= 11 is 0. The molecule has 5 heterocycles. The molecule has 8 rings (SSSR count). The molecule has 2 amide bonds. The monoisotopic (exact) mass is 732 g/mol. The lowest BCUT2D eigenvalue weighted by molar-refractivity contribution is -0.0406. The first-order valence-corrected chi connectivity index (χ1v) is 18.0. The zero-order chi connectivity index (χ0) is 37.3. The summed E-state index contributed by atoms with van der Waals surface area (Å²) in [6.07, 6.45) is 9.07. The summed E-state index contributed by atoms with van der Waals surface area (Å²) < 4.78 is 42.0. The van der Waals surface area contributed by atoms with Crippen LogP contribution in [-0.2, 0) is 22.4 Å². The number of nitrogens with zero attached hydrogens (tertiary/aromatic N) is 4. The molecule has 2 aliphatic heterocycles. The molecule has 1 aliphatic carbocycles. The van der Waals surface area contributed by atoms with Gasteiger partial charge in [-0.1, -0.05) is 30.7 Å². The van der Waals surface area contributed by atoms with Crippen LogP contribution in [0.15, 0.2) is 90.2 Å². The van der Waals surface area contributed by atoms with Crippen molar-refractivity contribution in [2.75, 3.05) is 37.4 Å². The lowest BCUT2D eigenvalue weighted by Crippen LogP contribution is -2.40. The van der Waals surface area contributed by atoms with Crippen molar-refractivity contribution >= 4 is 23.5 Å². The number of anilines is 2. The number of nitrogens with two attached hydrogens (primary N) is 1. The minimum atomic E-state index is -0.711. The molecule has 13 heteroatoms. The van der Waals surface area contributed by atoms with E-state index in [9.17, 15) is 18.8 Å². The van der Waals surface area contributed by atoms with Crippen LogP contribution >= 0.6 is 0 Å². The van der Waals surface area contributed by atoms with E-state index in [0.717, 1.165) is 42.1 Å². The highest BCUT2D eigenvalue weighted by Gasteiger charge is 2.34. The van der Waals surface area contributed by atoms with Gasteiger partial charge in [0.05, 0.1) is 37.2 Å². The van der Waals surface area contributed by atoms with Gasteiger partial charge in [0, 0.05) is 66.4 Å². The molecule has 3 N–H and O–H groups in total. The minimum Gasteiger partial charge on any atom is -0.444 e. The third-order valence-electron chi connectivity index (χ3n) is 10.3. The van der Waals surface area contributed by atoms with Gasteiger partial charge in [-0.15, -0.1) is 0 Å². The number of rotatable bonds is 11. The SMILES string of the molecule is Nc1ncc(-c2ccc(C[C@@H]3CN(CC4COC4)C(=O)O3)cc2)cc1-c1ccc(NC(=O)c2cn(CC3CCC3)cc(-c3ccc(F)cn3)c2=O)cc1F. The van der Waals surface area contributed by atoms with Crippen LogP contribution in [0.4, 0.5) is 25.1 Å². The molecule has 2 aromatic carbocycles. The maximum absolute atomic E-state index is 15.8. The Balaban J connectivity index is 0.976. The molecule has 5 aromatic rings. The second-order valence-electron chi connectivity index (χ2n) is 14.3. The van der Waals surface area contributed by atoms with Gasteiger partial charge in [-0.3, -0.25) is 14.6 Å². The van der Waals surface area contributed by atoms with E-state index in [-0.39, 0.29) is 46.1 Å². The number of amides is 2. The van der Waals surface area contributed by atoms with E-state index in [1.54, 1.807) is 27.9 Å². The highest BCUT2D eigenvalue weighted by atomic mass is 19.1. The van der Waals surface area contributed by atoms with E-state index < -0.39 is 23.0 Å². The summed E-state index contributed by atoms with van der Waals surface area (Å²) in [5, 5.41) is 2.66. The number of nitrogens with one attached hydrogen (secondary N) is 1.